The topological polar surface area (TPSA) is 108 Å². The van der Waals surface area contributed by atoms with Gasteiger partial charge in [0.05, 0.1) is 11.3 Å². The summed E-state index contributed by atoms with van der Waals surface area (Å²) in [4.78, 5) is 35.0. The van der Waals surface area contributed by atoms with E-state index in [0.29, 0.717) is 10.2 Å². The molecule has 1 aliphatic heterocycles. The number of esters is 2. The number of halogens is 1. The van der Waals surface area contributed by atoms with Crippen molar-refractivity contribution in [1.82, 2.24) is 0 Å². The van der Waals surface area contributed by atoms with Crippen LogP contribution < -0.4 is 11.1 Å². The predicted octanol–water partition coefficient (Wildman–Crippen LogP) is 1.68. The number of hydrogen-bond donors (Lipinski definition) is 2. The minimum absolute atomic E-state index is 0.198. The Morgan fingerprint density at radius 1 is 1.27 bits per heavy atom. The third-order valence-electron chi connectivity index (χ3n) is 2.76. The average Bonchev–Trinajstić information content (AvgIpc) is 2.37. The van der Waals surface area contributed by atoms with E-state index in [-0.39, 0.29) is 11.1 Å². The second-order valence-electron chi connectivity index (χ2n) is 4.91. The lowest BCUT2D eigenvalue weighted by Crippen LogP contribution is -2.42. The van der Waals surface area contributed by atoms with Gasteiger partial charge in [-0.3, -0.25) is 4.79 Å². The van der Waals surface area contributed by atoms with Gasteiger partial charge in [0.25, 0.3) is 11.7 Å². The van der Waals surface area contributed by atoms with Crippen molar-refractivity contribution in [3.8, 4) is 0 Å². The molecule has 7 nitrogen and oxygen atoms in total. The molecular weight excluding hydrogens is 356 g/mol. The van der Waals surface area contributed by atoms with Gasteiger partial charge >= 0.3 is 11.9 Å². The van der Waals surface area contributed by atoms with Crippen LogP contribution in [0.2, 0.25) is 0 Å². The number of primary amides is 1. The zero-order valence-corrected chi connectivity index (χ0v) is 13.4. The first-order chi connectivity index (χ1) is 10.2. The molecule has 1 heterocycles. The van der Waals surface area contributed by atoms with Crippen LogP contribution in [0.5, 0.6) is 0 Å². The Kier molecular flexibility index (Phi) is 4.23. The third kappa shape index (κ3) is 3.28. The number of ether oxygens (including phenoxy) is 2. The summed E-state index contributed by atoms with van der Waals surface area (Å²) in [5.41, 5.74) is 5.49. The number of nitrogens with two attached hydrogens (primary N) is 1. The Balaban J connectivity index is 2.31. The van der Waals surface area contributed by atoms with Crippen LogP contribution in [0.3, 0.4) is 0 Å². The van der Waals surface area contributed by atoms with Gasteiger partial charge in [0.1, 0.15) is 0 Å². The first kappa shape index (κ1) is 16.0. The molecule has 116 valence electrons. The Morgan fingerprint density at radius 3 is 2.41 bits per heavy atom. The summed E-state index contributed by atoms with van der Waals surface area (Å²) in [5.74, 6) is -3.60. The van der Waals surface area contributed by atoms with E-state index in [2.05, 4.69) is 21.2 Å². The van der Waals surface area contributed by atoms with Crippen LogP contribution in [-0.4, -0.2) is 23.6 Å². The highest BCUT2D eigenvalue weighted by molar-refractivity contribution is 9.10. The number of cyclic esters (lactones) is 2. The Labute approximate surface area is 134 Å². The number of rotatable bonds is 3. The maximum Gasteiger partial charge on any atom is 0.350 e. The molecule has 0 spiro atoms. The van der Waals surface area contributed by atoms with E-state index in [9.17, 15) is 14.4 Å². The lowest BCUT2D eigenvalue weighted by Gasteiger charge is -2.29. The van der Waals surface area contributed by atoms with E-state index in [1.54, 1.807) is 12.1 Å². The van der Waals surface area contributed by atoms with E-state index in [0.717, 1.165) is 6.20 Å². The summed E-state index contributed by atoms with van der Waals surface area (Å²) < 4.78 is 10.5. The van der Waals surface area contributed by atoms with Crippen molar-refractivity contribution in [2.45, 2.75) is 19.6 Å². The molecule has 2 rings (SSSR count). The highest BCUT2D eigenvalue weighted by Crippen LogP contribution is 2.27. The smallest absolute Gasteiger partial charge is 0.350 e. The van der Waals surface area contributed by atoms with Crippen LogP contribution in [0.1, 0.15) is 24.2 Å². The van der Waals surface area contributed by atoms with Crippen LogP contribution in [0.4, 0.5) is 5.69 Å². The predicted molar refractivity (Wildman–Crippen MR) is 80.6 cm³/mol. The number of amides is 1. The van der Waals surface area contributed by atoms with Gasteiger partial charge in [0, 0.05) is 24.5 Å². The number of carbonyl (C=O) groups excluding carboxylic acids is 3. The molecule has 0 aromatic heterocycles. The lowest BCUT2D eigenvalue weighted by molar-refractivity contribution is -0.222. The fraction of sp³-hybridized carbons (Fsp3) is 0.214. The molecule has 0 atom stereocenters. The average molecular weight is 369 g/mol. The molecule has 0 saturated carbocycles. The molecule has 0 unspecified atom stereocenters. The van der Waals surface area contributed by atoms with Gasteiger partial charge in [-0.05, 0) is 28.1 Å². The second-order valence-corrected chi connectivity index (χ2v) is 5.76. The Bertz CT molecular complexity index is 674. The quantitative estimate of drug-likeness (QED) is 0.477. The highest BCUT2D eigenvalue weighted by Gasteiger charge is 2.39. The molecule has 0 radical (unpaired) electrons. The molecule has 0 aliphatic carbocycles. The zero-order valence-electron chi connectivity index (χ0n) is 11.8. The minimum Gasteiger partial charge on any atom is -0.419 e. The third-order valence-corrected chi connectivity index (χ3v) is 3.42. The molecule has 1 aromatic carbocycles. The number of hydrogen-bond acceptors (Lipinski definition) is 6. The SMILES string of the molecule is CC1(C)OC(=O)C(=CNc2c(Br)cccc2C(N)=O)C(=O)O1. The Hall–Kier alpha value is -2.35. The van der Waals surface area contributed by atoms with Gasteiger partial charge in [-0.15, -0.1) is 0 Å². The number of anilines is 1. The Morgan fingerprint density at radius 2 is 1.86 bits per heavy atom. The highest BCUT2D eigenvalue weighted by atomic mass is 79.9. The van der Waals surface area contributed by atoms with Crippen molar-refractivity contribution in [2.75, 3.05) is 5.32 Å². The van der Waals surface area contributed by atoms with Crippen molar-refractivity contribution >= 4 is 39.5 Å². The zero-order chi connectivity index (χ0) is 16.5. The summed E-state index contributed by atoms with van der Waals surface area (Å²) in [6.07, 6.45) is 1.12. The van der Waals surface area contributed by atoms with Gasteiger partial charge in [-0.1, -0.05) is 6.07 Å². The van der Waals surface area contributed by atoms with Crippen LogP contribution >= 0.6 is 15.9 Å². The largest absolute Gasteiger partial charge is 0.419 e. The molecule has 0 bridgehead atoms. The lowest BCUT2D eigenvalue weighted by atomic mass is 10.1. The number of carbonyl (C=O) groups is 3. The summed E-state index contributed by atoms with van der Waals surface area (Å²) >= 11 is 3.26. The van der Waals surface area contributed by atoms with E-state index in [1.807, 2.05) is 0 Å². The first-order valence-electron chi connectivity index (χ1n) is 6.23. The van der Waals surface area contributed by atoms with Crippen LogP contribution in [0.25, 0.3) is 0 Å². The van der Waals surface area contributed by atoms with E-state index < -0.39 is 23.6 Å². The number of nitrogens with one attached hydrogen (secondary N) is 1. The number of para-hydroxylation sites is 1. The maximum absolute atomic E-state index is 11.8. The molecule has 3 N–H and O–H groups in total. The summed E-state index contributed by atoms with van der Waals surface area (Å²) in [6, 6.07) is 4.82. The normalized spacial score (nSPS) is 16.6. The minimum atomic E-state index is -1.31. The van der Waals surface area contributed by atoms with Crippen molar-refractivity contribution in [3.05, 3.63) is 40.0 Å². The van der Waals surface area contributed by atoms with Crippen LogP contribution in [-0.2, 0) is 19.1 Å². The molecule has 1 aromatic rings. The molecule has 22 heavy (non-hydrogen) atoms. The van der Waals surface area contributed by atoms with E-state index >= 15 is 0 Å². The first-order valence-corrected chi connectivity index (χ1v) is 7.02. The van der Waals surface area contributed by atoms with Gasteiger partial charge in [0.15, 0.2) is 5.57 Å². The number of benzene rings is 1. The fourth-order valence-corrected chi connectivity index (χ4v) is 2.28. The standard InChI is InChI=1S/C14H13BrN2O5/c1-14(2)21-12(19)8(13(20)22-14)6-17-10-7(11(16)18)4-3-5-9(10)15/h3-6,17H,1-2H3,(H2,16,18). The van der Waals surface area contributed by atoms with Crippen molar-refractivity contribution in [1.29, 1.82) is 0 Å². The molecule has 1 fully saturated rings. The molecule has 8 heteroatoms. The van der Waals surface area contributed by atoms with Crippen LogP contribution in [0, 0.1) is 0 Å². The molecule has 1 saturated heterocycles. The second kappa shape index (κ2) is 5.80. The van der Waals surface area contributed by atoms with Crippen molar-refractivity contribution in [3.63, 3.8) is 0 Å². The van der Waals surface area contributed by atoms with Gasteiger partial charge in [-0.2, -0.15) is 0 Å². The van der Waals surface area contributed by atoms with E-state index in [1.165, 1.54) is 19.9 Å². The fourth-order valence-electron chi connectivity index (χ4n) is 1.80. The van der Waals surface area contributed by atoms with Gasteiger partial charge < -0.3 is 20.5 Å². The monoisotopic (exact) mass is 368 g/mol. The summed E-state index contributed by atoms with van der Waals surface area (Å²) in [7, 11) is 0. The summed E-state index contributed by atoms with van der Waals surface area (Å²) in [5, 5.41) is 2.71. The molecule has 1 amide bonds. The summed E-state index contributed by atoms with van der Waals surface area (Å²) in [6.45, 7) is 2.90. The van der Waals surface area contributed by atoms with E-state index in [4.69, 9.17) is 15.2 Å². The molecule has 1 aliphatic rings. The van der Waals surface area contributed by atoms with Crippen molar-refractivity contribution in [2.24, 2.45) is 5.73 Å². The van der Waals surface area contributed by atoms with Crippen molar-refractivity contribution < 1.29 is 23.9 Å². The van der Waals surface area contributed by atoms with Gasteiger partial charge in [-0.25, -0.2) is 9.59 Å². The molecular formula is C14H13BrN2O5. The van der Waals surface area contributed by atoms with Gasteiger partial charge in [0.2, 0.25) is 0 Å². The maximum atomic E-state index is 11.8. The van der Waals surface area contributed by atoms with Crippen LogP contribution in [0.15, 0.2) is 34.4 Å².